The van der Waals surface area contributed by atoms with Crippen LogP contribution < -0.4 is 5.32 Å². The van der Waals surface area contributed by atoms with Crippen molar-refractivity contribution in [2.75, 3.05) is 0 Å². The van der Waals surface area contributed by atoms with Crippen LogP contribution in [-0.2, 0) is 19.0 Å². The summed E-state index contributed by atoms with van der Waals surface area (Å²) in [6.45, 7) is 1.88. The normalized spacial score (nSPS) is 16.2. The summed E-state index contributed by atoms with van der Waals surface area (Å²) in [4.78, 5) is 24.9. The van der Waals surface area contributed by atoms with Gasteiger partial charge in [0, 0.05) is 29.9 Å². The predicted molar refractivity (Wildman–Crippen MR) is 100 cm³/mol. The van der Waals surface area contributed by atoms with E-state index in [1.807, 2.05) is 6.92 Å². The summed E-state index contributed by atoms with van der Waals surface area (Å²) in [5.41, 5.74) is 1.74. The Hall–Kier alpha value is -3.36. The summed E-state index contributed by atoms with van der Waals surface area (Å²) >= 11 is 0. The van der Waals surface area contributed by atoms with Crippen molar-refractivity contribution >= 4 is 5.91 Å². The molecule has 1 aliphatic rings. The highest BCUT2D eigenvalue weighted by molar-refractivity contribution is 5.98. The summed E-state index contributed by atoms with van der Waals surface area (Å²) < 4.78 is 52.6. The van der Waals surface area contributed by atoms with Crippen LogP contribution in [0.3, 0.4) is 0 Å². The van der Waals surface area contributed by atoms with Gasteiger partial charge in [-0.15, -0.1) is 0 Å². The summed E-state index contributed by atoms with van der Waals surface area (Å²) in [6, 6.07) is 5.57. The predicted octanol–water partition coefficient (Wildman–Crippen LogP) is 3.96. The number of benzene rings is 1. The number of nitrogens with zero attached hydrogens (tertiary/aromatic N) is 3. The van der Waals surface area contributed by atoms with E-state index in [0.29, 0.717) is 35.1 Å². The molecule has 2 aromatic heterocycles. The Kier molecular flexibility index (Phi) is 4.97. The Labute approximate surface area is 169 Å². The molecule has 154 valence electrons. The molecule has 5 nitrogen and oxygen atoms in total. The number of hydrogen-bond donors (Lipinski definition) is 1. The Morgan fingerprint density at radius 1 is 1.13 bits per heavy atom. The number of amides is 1. The highest BCUT2D eigenvalue weighted by Crippen LogP contribution is 2.31. The van der Waals surface area contributed by atoms with Crippen molar-refractivity contribution in [2.45, 2.75) is 32.0 Å². The molecule has 4 rings (SSSR count). The molecule has 1 atom stereocenters. The molecule has 1 aliphatic heterocycles. The second-order valence-corrected chi connectivity index (χ2v) is 7.18. The average Bonchev–Trinajstić information content (AvgIpc) is 2.66. The Morgan fingerprint density at radius 2 is 1.93 bits per heavy atom. The van der Waals surface area contributed by atoms with Gasteiger partial charge in [0.15, 0.2) is 0 Å². The van der Waals surface area contributed by atoms with Gasteiger partial charge in [-0.25, -0.2) is 14.4 Å². The average molecular weight is 416 g/mol. The molecule has 0 bridgehead atoms. The molecule has 0 aliphatic carbocycles. The molecule has 1 aromatic carbocycles. The first-order valence-corrected chi connectivity index (χ1v) is 9.17. The molecule has 0 saturated carbocycles. The van der Waals surface area contributed by atoms with Crippen molar-refractivity contribution in [3.8, 4) is 11.4 Å². The lowest BCUT2D eigenvalue weighted by atomic mass is 9.93. The van der Waals surface area contributed by atoms with Crippen molar-refractivity contribution in [3.63, 3.8) is 0 Å². The van der Waals surface area contributed by atoms with Crippen LogP contribution in [0.25, 0.3) is 11.4 Å². The van der Waals surface area contributed by atoms with E-state index in [9.17, 15) is 22.4 Å². The third-order valence-electron chi connectivity index (χ3n) is 4.82. The van der Waals surface area contributed by atoms with Crippen LogP contribution in [0.5, 0.6) is 0 Å². The van der Waals surface area contributed by atoms with Gasteiger partial charge in [-0.1, -0.05) is 0 Å². The van der Waals surface area contributed by atoms with Gasteiger partial charge in [0.2, 0.25) is 0 Å². The van der Waals surface area contributed by atoms with E-state index in [0.717, 1.165) is 17.7 Å². The lowest BCUT2D eigenvalue weighted by Crippen LogP contribution is -2.39. The van der Waals surface area contributed by atoms with Crippen LogP contribution in [0.4, 0.5) is 17.6 Å². The van der Waals surface area contributed by atoms with Crippen molar-refractivity contribution in [1.29, 1.82) is 0 Å². The maximum atomic E-state index is 13.7. The van der Waals surface area contributed by atoms with Gasteiger partial charge >= 0.3 is 6.18 Å². The second-order valence-electron chi connectivity index (χ2n) is 7.18. The Morgan fingerprint density at radius 3 is 2.70 bits per heavy atom. The van der Waals surface area contributed by atoms with E-state index in [4.69, 9.17) is 0 Å². The molecule has 1 unspecified atom stereocenters. The Bertz CT molecular complexity index is 1130. The number of fused-ring (bicyclic) bond motifs is 1. The van der Waals surface area contributed by atoms with Gasteiger partial charge in [0.25, 0.3) is 5.91 Å². The first-order valence-electron chi connectivity index (χ1n) is 9.17. The minimum Gasteiger partial charge on any atom is -0.349 e. The van der Waals surface area contributed by atoms with Crippen molar-refractivity contribution in [2.24, 2.45) is 0 Å². The first kappa shape index (κ1) is 19.9. The van der Waals surface area contributed by atoms with Gasteiger partial charge in [-0.3, -0.25) is 9.78 Å². The summed E-state index contributed by atoms with van der Waals surface area (Å²) in [6.07, 6.45) is -1.29. The van der Waals surface area contributed by atoms with Gasteiger partial charge in [-0.2, -0.15) is 13.2 Å². The number of halogens is 4. The molecule has 9 heteroatoms. The van der Waals surface area contributed by atoms with E-state index in [-0.39, 0.29) is 23.9 Å². The van der Waals surface area contributed by atoms with Crippen LogP contribution in [0, 0.1) is 5.82 Å². The van der Waals surface area contributed by atoms with E-state index in [1.165, 1.54) is 12.5 Å². The van der Waals surface area contributed by atoms with E-state index >= 15 is 0 Å². The standard InChI is InChI=1S/C21H16F4N4O/c1-11-4-17-16(20(30)29-11)2-3-26-19(17)18-9-15(27-10-28-18)7-12-5-13(21(23,24)25)8-14(22)6-12/h2-3,5-6,8-11H,4,7H2,1H3,(H,29,30). The zero-order valence-electron chi connectivity index (χ0n) is 15.8. The van der Waals surface area contributed by atoms with E-state index < -0.39 is 17.6 Å². The molecular formula is C21H16F4N4O. The largest absolute Gasteiger partial charge is 0.416 e. The molecule has 3 heterocycles. The van der Waals surface area contributed by atoms with Crippen LogP contribution in [0.15, 0.2) is 42.9 Å². The summed E-state index contributed by atoms with van der Waals surface area (Å²) in [5, 5.41) is 2.85. The number of pyridine rings is 1. The van der Waals surface area contributed by atoms with Gasteiger partial charge in [0.1, 0.15) is 12.1 Å². The summed E-state index contributed by atoms with van der Waals surface area (Å²) in [5.74, 6) is -1.16. The second kappa shape index (κ2) is 7.47. The fourth-order valence-corrected chi connectivity index (χ4v) is 3.54. The smallest absolute Gasteiger partial charge is 0.349 e. The molecular weight excluding hydrogens is 400 g/mol. The quantitative estimate of drug-likeness (QED) is 0.657. The Balaban J connectivity index is 1.70. The highest BCUT2D eigenvalue weighted by atomic mass is 19.4. The minimum absolute atomic E-state index is 0.0116. The molecule has 30 heavy (non-hydrogen) atoms. The molecule has 1 amide bonds. The summed E-state index contributed by atoms with van der Waals surface area (Å²) in [7, 11) is 0. The lowest BCUT2D eigenvalue weighted by Gasteiger charge is -2.24. The lowest BCUT2D eigenvalue weighted by molar-refractivity contribution is -0.137. The number of carbonyl (C=O) groups is 1. The highest BCUT2D eigenvalue weighted by Gasteiger charge is 2.31. The van der Waals surface area contributed by atoms with Crippen LogP contribution >= 0.6 is 0 Å². The first-order chi connectivity index (χ1) is 14.2. The number of hydrogen-bond acceptors (Lipinski definition) is 4. The fraction of sp³-hybridized carbons (Fsp3) is 0.238. The van der Waals surface area contributed by atoms with E-state index in [1.54, 1.807) is 12.1 Å². The monoisotopic (exact) mass is 416 g/mol. The molecule has 0 saturated heterocycles. The maximum Gasteiger partial charge on any atom is 0.416 e. The molecule has 0 spiro atoms. The zero-order chi connectivity index (χ0) is 21.5. The molecule has 1 N–H and O–H groups in total. The van der Waals surface area contributed by atoms with Crippen molar-refractivity contribution < 1.29 is 22.4 Å². The van der Waals surface area contributed by atoms with Crippen LogP contribution in [-0.4, -0.2) is 26.9 Å². The SMILES string of the molecule is CC1Cc2c(ccnc2-c2cc(Cc3cc(F)cc(C(F)(F)F)c3)ncn2)C(=O)N1. The number of rotatable bonds is 3. The maximum absolute atomic E-state index is 13.7. The number of carbonyl (C=O) groups excluding carboxylic acids is 1. The van der Waals surface area contributed by atoms with Gasteiger partial charge < -0.3 is 5.32 Å². The third-order valence-corrected chi connectivity index (χ3v) is 4.82. The van der Waals surface area contributed by atoms with Crippen molar-refractivity contribution in [3.05, 3.63) is 76.6 Å². The number of alkyl halides is 3. The van der Waals surface area contributed by atoms with E-state index in [2.05, 4.69) is 20.3 Å². The van der Waals surface area contributed by atoms with Crippen LogP contribution in [0.1, 0.15) is 39.7 Å². The molecule has 0 fully saturated rings. The topological polar surface area (TPSA) is 67.8 Å². The van der Waals surface area contributed by atoms with Gasteiger partial charge in [0.05, 0.1) is 17.0 Å². The molecule has 0 radical (unpaired) electrons. The third kappa shape index (κ3) is 4.00. The number of nitrogens with one attached hydrogen (secondary N) is 1. The zero-order valence-corrected chi connectivity index (χ0v) is 15.8. The minimum atomic E-state index is -4.64. The van der Waals surface area contributed by atoms with Crippen LogP contribution in [0.2, 0.25) is 0 Å². The number of aromatic nitrogens is 3. The fourth-order valence-electron chi connectivity index (χ4n) is 3.54. The van der Waals surface area contributed by atoms with Gasteiger partial charge in [-0.05, 0) is 54.8 Å². The van der Waals surface area contributed by atoms with Crippen molar-refractivity contribution in [1.82, 2.24) is 20.3 Å². The molecule has 3 aromatic rings.